The van der Waals surface area contributed by atoms with Gasteiger partial charge in [0.2, 0.25) is 11.6 Å². The van der Waals surface area contributed by atoms with Crippen LogP contribution in [0, 0.1) is 0 Å². The van der Waals surface area contributed by atoms with Gasteiger partial charge in [-0.15, -0.1) is 10.2 Å². The number of phenols is 1. The molecule has 0 radical (unpaired) electrons. The lowest BCUT2D eigenvalue weighted by atomic mass is 10.1. The summed E-state index contributed by atoms with van der Waals surface area (Å²) in [5, 5.41) is 18.1. The third-order valence-corrected chi connectivity index (χ3v) is 3.72. The Balaban J connectivity index is 2.05. The molecule has 0 saturated carbocycles. The van der Waals surface area contributed by atoms with Gasteiger partial charge < -0.3 is 23.7 Å². The molecular formula is C20H22N2O5. The van der Waals surface area contributed by atoms with E-state index in [1.54, 1.807) is 36.4 Å². The molecule has 1 N–H and O–H groups in total. The molecule has 0 aliphatic carbocycles. The first-order valence-corrected chi connectivity index (χ1v) is 8.86. The second-order valence-electron chi connectivity index (χ2n) is 5.53. The van der Waals surface area contributed by atoms with Crippen molar-refractivity contribution in [2.24, 2.45) is 0 Å². The van der Waals surface area contributed by atoms with Gasteiger partial charge in [-0.25, -0.2) is 0 Å². The van der Waals surface area contributed by atoms with Gasteiger partial charge in [-0.2, -0.15) is 0 Å². The van der Waals surface area contributed by atoms with Gasteiger partial charge in [0.15, 0.2) is 11.5 Å². The third-order valence-electron chi connectivity index (χ3n) is 3.72. The summed E-state index contributed by atoms with van der Waals surface area (Å²) in [6.07, 6.45) is 0. The Bertz CT molecular complexity index is 880. The first-order valence-electron chi connectivity index (χ1n) is 8.86. The van der Waals surface area contributed by atoms with Crippen molar-refractivity contribution in [3.63, 3.8) is 0 Å². The maximum Gasteiger partial charge on any atom is 0.251 e. The van der Waals surface area contributed by atoms with E-state index < -0.39 is 0 Å². The summed E-state index contributed by atoms with van der Waals surface area (Å²) in [5.74, 6) is 2.23. The predicted molar refractivity (Wildman–Crippen MR) is 100 cm³/mol. The maximum atomic E-state index is 9.98. The predicted octanol–water partition coefficient (Wildman–Crippen LogP) is 4.31. The van der Waals surface area contributed by atoms with E-state index in [9.17, 15) is 5.11 Å². The Labute approximate surface area is 157 Å². The van der Waals surface area contributed by atoms with Crippen LogP contribution in [0.3, 0.4) is 0 Å². The minimum atomic E-state index is 0.0735. The van der Waals surface area contributed by atoms with Crippen LogP contribution in [0.15, 0.2) is 40.8 Å². The third kappa shape index (κ3) is 3.97. The molecule has 0 amide bonds. The molecule has 0 saturated heterocycles. The molecule has 0 aliphatic rings. The van der Waals surface area contributed by atoms with E-state index in [1.165, 1.54) is 0 Å². The SMILES string of the molecule is CCOc1cc(-c2nnc(-c3ccccc3O)o2)cc(OCC)c1OCC. The van der Waals surface area contributed by atoms with Crippen molar-refractivity contribution >= 4 is 0 Å². The highest BCUT2D eigenvalue weighted by Crippen LogP contribution is 2.42. The van der Waals surface area contributed by atoms with Crippen LogP contribution in [0.5, 0.6) is 23.0 Å². The molecule has 0 spiro atoms. The Kier molecular flexibility index (Phi) is 5.80. The van der Waals surface area contributed by atoms with Crippen molar-refractivity contribution in [1.29, 1.82) is 0 Å². The highest BCUT2D eigenvalue weighted by atomic mass is 16.5. The second kappa shape index (κ2) is 8.44. The highest BCUT2D eigenvalue weighted by molar-refractivity contribution is 5.68. The van der Waals surface area contributed by atoms with Crippen LogP contribution in [0.25, 0.3) is 22.9 Å². The van der Waals surface area contributed by atoms with Gasteiger partial charge in [0.1, 0.15) is 5.75 Å². The standard InChI is InChI=1S/C20H22N2O5/c1-4-24-16-11-13(12-17(25-5-2)18(16)26-6-3)19-21-22-20(27-19)14-9-7-8-10-15(14)23/h7-12,23H,4-6H2,1-3H3. The Hall–Kier alpha value is -3.22. The van der Waals surface area contributed by atoms with E-state index >= 15 is 0 Å². The summed E-state index contributed by atoms with van der Waals surface area (Å²) in [4.78, 5) is 0. The van der Waals surface area contributed by atoms with E-state index in [4.69, 9.17) is 18.6 Å². The molecule has 2 aromatic carbocycles. The molecule has 3 rings (SSSR count). The molecule has 0 bridgehead atoms. The summed E-state index contributed by atoms with van der Waals surface area (Å²) in [6, 6.07) is 10.3. The smallest absolute Gasteiger partial charge is 0.251 e. The monoisotopic (exact) mass is 370 g/mol. The van der Waals surface area contributed by atoms with Crippen LogP contribution >= 0.6 is 0 Å². The first kappa shape index (κ1) is 18.6. The zero-order chi connectivity index (χ0) is 19.2. The Morgan fingerprint density at radius 1 is 0.852 bits per heavy atom. The first-order chi connectivity index (χ1) is 13.2. The van der Waals surface area contributed by atoms with Crippen molar-refractivity contribution in [3.8, 4) is 45.9 Å². The van der Waals surface area contributed by atoms with Crippen LogP contribution in [0.4, 0.5) is 0 Å². The number of aromatic nitrogens is 2. The summed E-state index contributed by atoms with van der Waals surface area (Å²) in [6.45, 7) is 7.12. The fraction of sp³-hybridized carbons (Fsp3) is 0.300. The number of aromatic hydroxyl groups is 1. The summed E-state index contributed by atoms with van der Waals surface area (Å²) >= 11 is 0. The molecule has 142 valence electrons. The fourth-order valence-corrected chi connectivity index (χ4v) is 2.62. The van der Waals surface area contributed by atoms with Crippen LogP contribution in [0.1, 0.15) is 20.8 Å². The molecule has 1 heterocycles. The van der Waals surface area contributed by atoms with Gasteiger partial charge in [-0.1, -0.05) is 12.1 Å². The zero-order valence-electron chi connectivity index (χ0n) is 15.6. The number of hydrogen-bond donors (Lipinski definition) is 1. The molecule has 3 aromatic rings. The molecule has 0 aliphatic heterocycles. The van der Waals surface area contributed by atoms with Crippen molar-refractivity contribution in [2.75, 3.05) is 19.8 Å². The Morgan fingerprint density at radius 2 is 1.44 bits per heavy atom. The maximum absolute atomic E-state index is 9.98. The number of nitrogens with zero attached hydrogens (tertiary/aromatic N) is 2. The molecule has 0 unspecified atom stereocenters. The molecule has 1 aromatic heterocycles. The van der Waals surface area contributed by atoms with Crippen LogP contribution in [0.2, 0.25) is 0 Å². The number of hydrogen-bond acceptors (Lipinski definition) is 7. The van der Waals surface area contributed by atoms with Crippen molar-refractivity contribution in [1.82, 2.24) is 10.2 Å². The van der Waals surface area contributed by atoms with E-state index in [-0.39, 0.29) is 11.6 Å². The highest BCUT2D eigenvalue weighted by Gasteiger charge is 2.19. The summed E-state index contributed by atoms with van der Waals surface area (Å²) < 4.78 is 22.9. The normalized spacial score (nSPS) is 10.6. The number of para-hydroxylation sites is 1. The lowest BCUT2D eigenvalue weighted by molar-refractivity contribution is 0.261. The van der Waals surface area contributed by atoms with E-state index in [2.05, 4.69) is 10.2 Å². The lowest BCUT2D eigenvalue weighted by Crippen LogP contribution is -2.03. The van der Waals surface area contributed by atoms with Gasteiger partial charge in [-0.3, -0.25) is 0 Å². The fourth-order valence-electron chi connectivity index (χ4n) is 2.62. The van der Waals surface area contributed by atoms with E-state index in [0.717, 1.165) is 0 Å². The average Bonchev–Trinajstić information content (AvgIpc) is 3.15. The average molecular weight is 370 g/mol. The molecule has 7 nitrogen and oxygen atoms in total. The van der Waals surface area contributed by atoms with Crippen LogP contribution < -0.4 is 14.2 Å². The molecule has 0 atom stereocenters. The second-order valence-corrected chi connectivity index (χ2v) is 5.53. The summed E-state index contributed by atoms with van der Waals surface area (Å²) in [5.41, 5.74) is 1.11. The quantitative estimate of drug-likeness (QED) is 0.632. The van der Waals surface area contributed by atoms with E-state index in [0.29, 0.717) is 54.1 Å². The lowest BCUT2D eigenvalue weighted by Gasteiger charge is -2.16. The van der Waals surface area contributed by atoms with Crippen LogP contribution in [-0.4, -0.2) is 35.1 Å². The van der Waals surface area contributed by atoms with Gasteiger partial charge in [0.25, 0.3) is 5.89 Å². The molecule has 0 fully saturated rings. The largest absolute Gasteiger partial charge is 0.507 e. The van der Waals surface area contributed by atoms with Gasteiger partial charge in [0.05, 0.1) is 25.4 Å². The van der Waals surface area contributed by atoms with Crippen molar-refractivity contribution < 1.29 is 23.7 Å². The number of benzene rings is 2. The number of rotatable bonds is 8. The number of phenolic OH excluding ortho intramolecular Hbond substituents is 1. The Morgan fingerprint density at radius 3 is 2.04 bits per heavy atom. The minimum Gasteiger partial charge on any atom is -0.507 e. The molecular weight excluding hydrogens is 348 g/mol. The number of ether oxygens (including phenoxy) is 3. The minimum absolute atomic E-state index is 0.0735. The van der Waals surface area contributed by atoms with E-state index in [1.807, 2.05) is 20.8 Å². The van der Waals surface area contributed by atoms with Crippen molar-refractivity contribution in [2.45, 2.75) is 20.8 Å². The van der Waals surface area contributed by atoms with Gasteiger partial charge in [0, 0.05) is 5.56 Å². The molecule has 27 heavy (non-hydrogen) atoms. The topological polar surface area (TPSA) is 86.8 Å². The van der Waals surface area contributed by atoms with Gasteiger partial charge in [-0.05, 0) is 45.0 Å². The summed E-state index contributed by atoms with van der Waals surface area (Å²) in [7, 11) is 0. The molecule has 7 heteroatoms. The van der Waals surface area contributed by atoms with Gasteiger partial charge >= 0.3 is 0 Å². The zero-order valence-corrected chi connectivity index (χ0v) is 15.6. The van der Waals surface area contributed by atoms with Crippen LogP contribution in [-0.2, 0) is 0 Å². The van der Waals surface area contributed by atoms with Crippen molar-refractivity contribution in [3.05, 3.63) is 36.4 Å².